The lowest BCUT2D eigenvalue weighted by Crippen LogP contribution is -2.67. The SMILES string of the molecule is CCNC(=NCc1ccc(C)cc1OC)NC1C2CCOC2C1(C)C. The van der Waals surface area contributed by atoms with Crippen molar-refractivity contribution in [1.82, 2.24) is 10.6 Å². The number of hydrogen-bond acceptors (Lipinski definition) is 3. The Bertz CT molecular complexity index is 642. The van der Waals surface area contributed by atoms with Gasteiger partial charge in [-0.05, 0) is 31.9 Å². The fourth-order valence-electron chi connectivity index (χ4n) is 4.23. The Morgan fingerprint density at radius 1 is 1.40 bits per heavy atom. The molecule has 2 N–H and O–H groups in total. The predicted octanol–water partition coefficient (Wildman–Crippen LogP) is 2.87. The third-order valence-corrected chi connectivity index (χ3v) is 5.59. The Kier molecular flexibility index (Phi) is 5.23. The van der Waals surface area contributed by atoms with Gasteiger partial charge in [-0.15, -0.1) is 0 Å². The number of hydrogen-bond donors (Lipinski definition) is 2. The largest absolute Gasteiger partial charge is 0.496 e. The van der Waals surface area contributed by atoms with E-state index in [1.807, 2.05) is 0 Å². The molecule has 138 valence electrons. The smallest absolute Gasteiger partial charge is 0.191 e. The van der Waals surface area contributed by atoms with E-state index in [9.17, 15) is 0 Å². The highest BCUT2D eigenvalue weighted by Gasteiger charge is 2.59. The van der Waals surface area contributed by atoms with Gasteiger partial charge in [-0.1, -0.05) is 26.0 Å². The molecule has 1 heterocycles. The van der Waals surface area contributed by atoms with E-state index in [-0.39, 0.29) is 5.41 Å². The molecule has 1 aliphatic carbocycles. The van der Waals surface area contributed by atoms with Gasteiger partial charge in [-0.25, -0.2) is 4.99 Å². The van der Waals surface area contributed by atoms with Gasteiger partial charge >= 0.3 is 0 Å². The minimum absolute atomic E-state index is 0.138. The zero-order valence-corrected chi connectivity index (χ0v) is 16.1. The summed E-state index contributed by atoms with van der Waals surface area (Å²) < 4.78 is 11.4. The molecule has 0 radical (unpaired) electrons. The van der Waals surface area contributed by atoms with E-state index in [1.165, 1.54) is 5.56 Å². The molecule has 0 amide bonds. The van der Waals surface area contributed by atoms with Gasteiger partial charge in [-0.3, -0.25) is 0 Å². The third kappa shape index (κ3) is 3.47. The van der Waals surface area contributed by atoms with Crippen molar-refractivity contribution in [3.05, 3.63) is 29.3 Å². The molecule has 2 fully saturated rings. The molecule has 3 rings (SSSR count). The summed E-state index contributed by atoms with van der Waals surface area (Å²) in [5.41, 5.74) is 2.43. The van der Waals surface area contributed by atoms with Crippen molar-refractivity contribution in [3.8, 4) is 5.75 Å². The molecular formula is C20H31N3O2. The zero-order chi connectivity index (χ0) is 18.0. The highest BCUT2D eigenvalue weighted by Crippen LogP contribution is 2.52. The van der Waals surface area contributed by atoms with Crippen LogP contribution in [0.4, 0.5) is 0 Å². The molecule has 3 unspecified atom stereocenters. The van der Waals surface area contributed by atoms with Crippen LogP contribution in [0.25, 0.3) is 0 Å². The molecule has 25 heavy (non-hydrogen) atoms. The number of fused-ring (bicyclic) bond motifs is 1. The Balaban J connectivity index is 1.72. The second-order valence-corrected chi connectivity index (χ2v) is 7.70. The molecule has 0 aromatic heterocycles. The van der Waals surface area contributed by atoms with Crippen LogP contribution >= 0.6 is 0 Å². The molecular weight excluding hydrogens is 314 g/mol. The summed E-state index contributed by atoms with van der Waals surface area (Å²) in [6.07, 6.45) is 1.52. The lowest BCUT2D eigenvalue weighted by Gasteiger charge is -2.54. The van der Waals surface area contributed by atoms with E-state index in [0.29, 0.717) is 24.6 Å². The van der Waals surface area contributed by atoms with Gasteiger partial charge in [0.15, 0.2) is 5.96 Å². The lowest BCUT2D eigenvalue weighted by atomic mass is 9.57. The average molecular weight is 345 g/mol. The first-order valence-electron chi connectivity index (χ1n) is 9.27. The second kappa shape index (κ2) is 7.24. The Labute approximate surface area is 151 Å². The van der Waals surface area contributed by atoms with Crippen LogP contribution in [0.5, 0.6) is 5.75 Å². The molecule has 1 aromatic rings. The summed E-state index contributed by atoms with van der Waals surface area (Å²) in [6, 6.07) is 6.65. The minimum atomic E-state index is 0.138. The summed E-state index contributed by atoms with van der Waals surface area (Å²) in [4.78, 5) is 4.80. The number of aryl methyl sites for hydroxylation is 1. The summed E-state index contributed by atoms with van der Waals surface area (Å²) in [7, 11) is 1.71. The Hall–Kier alpha value is -1.75. The van der Waals surface area contributed by atoms with Crippen molar-refractivity contribution in [2.45, 2.75) is 52.8 Å². The number of guanidine groups is 1. The molecule has 2 aliphatic rings. The van der Waals surface area contributed by atoms with E-state index in [2.05, 4.69) is 56.5 Å². The summed E-state index contributed by atoms with van der Waals surface area (Å²) in [5.74, 6) is 2.36. The number of benzene rings is 1. The Morgan fingerprint density at radius 3 is 2.92 bits per heavy atom. The van der Waals surface area contributed by atoms with Gasteiger partial charge in [0.25, 0.3) is 0 Å². The van der Waals surface area contributed by atoms with E-state index >= 15 is 0 Å². The van der Waals surface area contributed by atoms with Crippen LogP contribution < -0.4 is 15.4 Å². The molecule has 0 spiro atoms. The van der Waals surface area contributed by atoms with Gasteiger partial charge < -0.3 is 20.1 Å². The van der Waals surface area contributed by atoms with Crippen molar-refractivity contribution in [3.63, 3.8) is 0 Å². The standard InChI is InChI=1S/C20H31N3O2/c1-6-21-19(22-12-14-8-7-13(2)11-16(14)24-5)23-17-15-9-10-25-18(15)20(17,3)4/h7-8,11,15,17-18H,6,9-10,12H2,1-5H3,(H2,21,22,23). The van der Waals surface area contributed by atoms with Gasteiger partial charge in [0.2, 0.25) is 0 Å². The average Bonchev–Trinajstić information content (AvgIpc) is 3.05. The van der Waals surface area contributed by atoms with Crippen LogP contribution in [0.1, 0.15) is 38.3 Å². The predicted molar refractivity (Wildman–Crippen MR) is 101 cm³/mol. The molecule has 1 aliphatic heterocycles. The number of rotatable bonds is 5. The van der Waals surface area contributed by atoms with Crippen molar-refractivity contribution in [2.24, 2.45) is 16.3 Å². The fourth-order valence-corrected chi connectivity index (χ4v) is 4.23. The van der Waals surface area contributed by atoms with Crippen molar-refractivity contribution < 1.29 is 9.47 Å². The molecule has 0 bridgehead atoms. The fraction of sp³-hybridized carbons (Fsp3) is 0.650. The number of nitrogens with one attached hydrogen (secondary N) is 2. The van der Waals surface area contributed by atoms with Crippen LogP contribution in [0.3, 0.4) is 0 Å². The first-order chi connectivity index (χ1) is 12.0. The number of nitrogens with zero attached hydrogens (tertiary/aromatic N) is 1. The van der Waals surface area contributed by atoms with Gasteiger partial charge in [0.1, 0.15) is 5.75 Å². The van der Waals surface area contributed by atoms with Crippen LogP contribution in [-0.4, -0.2) is 38.4 Å². The number of methoxy groups -OCH3 is 1. The molecule has 1 saturated carbocycles. The third-order valence-electron chi connectivity index (χ3n) is 5.59. The highest BCUT2D eigenvalue weighted by atomic mass is 16.5. The van der Waals surface area contributed by atoms with Crippen molar-refractivity contribution in [1.29, 1.82) is 0 Å². The second-order valence-electron chi connectivity index (χ2n) is 7.70. The van der Waals surface area contributed by atoms with Gasteiger partial charge in [-0.2, -0.15) is 0 Å². The number of aliphatic imine (C=N–C) groups is 1. The minimum Gasteiger partial charge on any atom is -0.496 e. The van der Waals surface area contributed by atoms with Gasteiger partial charge in [0, 0.05) is 36.1 Å². The van der Waals surface area contributed by atoms with E-state index in [1.54, 1.807) is 7.11 Å². The molecule has 5 heteroatoms. The summed E-state index contributed by atoms with van der Waals surface area (Å²) in [6.45, 7) is 11.0. The Morgan fingerprint density at radius 2 is 2.20 bits per heavy atom. The van der Waals surface area contributed by atoms with Gasteiger partial charge in [0.05, 0.1) is 19.8 Å². The summed E-state index contributed by atoms with van der Waals surface area (Å²) in [5, 5.41) is 7.03. The molecule has 1 saturated heterocycles. The maximum Gasteiger partial charge on any atom is 0.191 e. The van der Waals surface area contributed by atoms with Crippen molar-refractivity contribution >= 4 is 5.96 Å². The zero-order valence-electron chi connectivity index (χ0n) is 16.1. The maximum absolute atomic E-state index is 5.89. The monoisotopic (exact) mass is 345 g/mol. The topological polar surface area (TPSA) is 54.9 Å². The molecule has 1 aromatic carbocycles. The molecule has 5 nitrogen and oxygen atoms in total. The van der Waals surface area contributed by atoms with Crippen LogP contribution in [0, 0.1) is 18.3 Å². The normalized spacial score (nSPS) is 27.4. The molecule has 3 atom stereocenters. The van der Waals surface area contributed by atoms with Crippen LogP contribution in [0.15, 0.2) is 23.2 Å². The van der Waals surface area contributed by atoms with Crippen LogP contribution in [-0.2, 0) is 11.3 Å². The van der Waals surface area contributed by atoms with E-state index in [0.717, 1.165) is 36.8 Å². The summed E-state index contributed by atoms with van der Waals surface area (Å²) >= 11 is 0. The van der Waals surface area contributed by atoms with E-state index < -0.39 is 0 Å². The lowest BCUT2D eigenvalue weighted by molar-refractivity contribution is -0.106. The first kappa shape index (κ1) is 18.1. The van der Waals surface area contributed by atoms with E-state index in [4.69, 9.17) is 14.5 Å². The van der Waals surface area contributed by atoms with Crippen LogP contribution in [0.2, 0.25) is 0 Å². The first-order valence-corrected chi connectivity index (χ1v) is 9.27. The quantitative estimate of drug-likeness (QED) is 0.636. The highest BCUT2D eigenvalue weighted by molar-refractivity contribution is 5.80. The van der Waals surface area contributed by atoms with Crippen molar-refractivity contribution in [2.75, 3.05) is 20.3 Å². The number of ether oxygens (including phenoxy) is 2. The maximum atomic E-state index is 5.89.